The smallest absolute Gasteiger partial charge is 0.334 e. The number of rotatable bonds is 5. The number of methoxy groups -OCH3 is 1. The first-order valence-electron chi connectivity index (χ1n) is 4.95. The van der Waals surface area contributed by atoms with Gasteiger partial charge >= 0.3 is 11.9 Å². The van der Waals surface area contributed by atoms with E-state index in [0.29, 0.717) is 0 Å². The molecule has 0 aliphatic rings. The Morgan fingerprint density at radius 3 is 2.25 bits per heavy atom. The van der Waals surface area contributed by atoms with Crippen molar-refractivity contribution in [3.63, 3.8) is 0 Å². The van der Waals surface area contributed by atoms with Crippen molar-refractivity contribution in [1.29, 1.82) is 0 Å². The van der Waals surface area contributed by atoms with Gasteiger partial charge < -0.3 is 9.84 Å². The molecule has 4 nitrogen and oxygen atoms in total. The summed E-state index contributed by atoms with van der Waals surface area (Å²) in [5, 5.41) is 8.62. The molecule has 16 heavy (non-hydrogen) atoms. The number of hydrogen-bond donors (Lipinski definition) is 1. The summed E-state index contributed by atoms with van der Waals surface area (Å²) in [6.45, 7) is 6.44. The minimum absolute atomic E-state index is 0.157. The van der Waals surface area contributed by atoms with Crippen LogP contribution in [0.2, 0.25) is 19.6 Å². The van der Waals surface area contributed by atoms with Crippen molar-refractivity contribution >= 4 is 20.0 Å². The van der Waals surface area contributed by atoms with Gasteiger partial charge in [0.2, 0.25) is 0 Å². The van der Waals surface area contributed by atoms with Gasteiger partial charge in [0.15, 0.2) is 0 Å². The molecule has 0 radical (unpaired) electrons. The van der Waals surface area contributed by atoms with Crippen molar-refractivity contribution in [2.75, 3.05) is 7.11 Å². The van der Waals surface area contributed by atoms with Crippen LogP contribution in [0.3, 0.4) is 0 Å². The third-order valence-electron chi connectivity index (χ3n) is 1.68. The molecule has 0 unspecified atom stereocenters. The van der Waals surface area contributed by atoms with E-state index in [1.54, 1.807) is 6.08 Å². The number of hydrogen-bond acceptors (Lipinski definition) is 3. The minimum atomic E-state index is -1.33. The van der Waals surface area contributed by atoms with Crippen molar-refractivity contribution in [1.82, 2.24) is 0 Å². The molecular formula is C11H18O4Si. The quantitative estimate of drug-likeness (QED) is 0.346. The number of carboxylic acid groups (broad SMARTS) is 1. The van der Waals surface area contributed by atoms with Crippen LogP contribution in [0, 0.1) is 0 Å². The van der Waals surface area contributed by atoms with Crippen LogP contribution in [-0.4, -0.2) is 32.2 Å². The first kappa shape index (κ1) is 14.6. The number of carbonyl (C=O) groups excluding carboxylic acids is 1. The molecule has 0 saturated heterocycles. The molecule has 0 rings (SSSR count). The first-order valence-corrected chi connectivity index (χ1v) is 8.52. The fourth-order valence-corrected chi connectivity index (χ4v) is 1.62. The summed E-state index contributed by atoms with van der Waals surface area (Å²) in [5.74, 6) is -1.64. The number of carbonyl (C=O) groups is 2. The summed E-state index contributed by atoms with van der Waals surface area (Å²) in [6, 6.07) is 0. The average Bonchev–Trinajstić information content (AvgIpc) is 2.12. The van der Waals surface area contributed by atoms with Crippen molar-refractivity contribution in [2.45, 2.75) is 26.1 Å². The van der Waals surface area contributed by atoms with E-state index in [9.17, 15) is 9.59 Å². The molecule has 0 aromatic rings. The zero-order valence-electron chi connectivity index (χ0n) is 10.1. The Morgan fingerprint density at radius 1 is 1.31 bits per heavy atom. The van der Waals surface area contributed by atoms with Crippen LogP contribution < -0.4 is 0 Å². The van der Waals surface area contributed by atoms with Crippen LogP contribution >= 0.6 is 0 Å². The highest BCUT2D eigenvalue weighted by molar-refractivity contribution is 6.81. The zero-order valence-corrected chi connectivity index (χ0v) is 11.1. The second-order valence-electron chi connectivity index (χ2n) is 4.48. The van der Waals surface area contributed by atoms with E-state index in [-0.39, 0.29) is 12.0 Å². The maximum Gasteiger partial charge on any atom is 0.334 e. The van der Waals surface area contributed by atoms with E-state index in [0.717, 1.165) is 0 Å². The van der Waals surface area contributed by atoms with Crippen molar-refractivity contribution < 1.29 is 19.4 Å². The topological polar surface area (TPSA) is 63.6 Å². The Bertz CT molecular complexity index is 323. The van der Waals surface area contributed by atoms with Gasteiger partial charge in [-0.05, 0) is 0 Å². The van der Waals surface area contributed by atoms with Gasteiger partial charge in [-0.1, -0.05) is 37.5 Å². The molecule has 0 saturated carbocycles. The van der Waals surface area contributed by atoms with Gasteiger partial charge in [-0.15, -0.1) is 0 Å². The number of aliphatic carboxylic acids is 1. The Kier molecular flexibility index (Phi) is 5.74. The Morgan fingerprint density at radius 2 is 1.88 bits per heavy atom. The lowest BCUT2D eigenvalue weighted by Gasteiger charge is -2.07. The van der Waals surface area contributed by atoms with E-state index in [1.165, 1.54) is 13.2 Å². The molecular weight excluding hydrogens is 224 g/mol. The molecule has 0 spiro atoms. The third kappa shape index (κ3) is 7.00. The predicted octanol–water partition coefficient (Wildman–Crippen LogP) is 1.99. The molecule has 0 fully saturated rings. The second-order valence-corrected chi connectivity index (χ2v) is 9.54. The zero-order chi connectivity index (χ0) is 12.8. The normalized spacial score (nSPS) is 12.9. The van der Waals surface area contributed by atoms with Crippen LogP contribution in [0.1, 0.15) is 6.42 Å². The highest BCUT2D eigenvalue weighted by atomic mass is 28.3. The van der Waals surface area contributed by atoms with Crippen LogP contribution in [0.5, 0.6) is 0 Å². The lowest BCUT2D eigenvalue weighted by atomic mass is 10.2. The summed E-state index contributed by atoms with van der Waals surface area (Å²) < 4.78 is 4.50. The molecule has 0 aromatic carbocycles. The summed E-state index contributed by atoms with van der Waals surface area (Å²) in [6.07, 6.45) is 2.93. The summed E-state index contributed by atoms with van der Waals surface area (Å²) >= 11 is 0. The van der Waals surface area contributed by atoms with E-state index < -0.39 is 20.0 Å². The van der Waals surface area contributed by atoms with Crippen LogP contribution in [-0.2, 0) is 14.3 Å². The minimum Gasteiger partial charge on any atom is -0.481 e. The molecule has 90 valence electrons. The van der Waals surface area contributed by atoms with Crippen molar-refractivity contribution in [3.05, 3.63) is 23.4 Å². The van der Waals surface area contributed by atoms with Gasteiger partial charge in [-0.3, -0.25) is 4.79 Å². The summed E-state index contributed by atoms with van der Waals surface area (Å²) in [4.78, 5) is 21.8. The number of ether oxygens (including phenoxy) is 1. The van der Waals surface area contributed by atoms with Gasteiger partial charge in [0.1, 0.15) is 0 Å². The molecule has 0 heterocycles. The molecule has 5 heteroatoms. The van der Waals surface area contributed by atoms with Crippen LogP contribution in [0.15, 0.2) is 23.4 Å². The molecule has 0 atom stereocenters. The highest BCUT2D eigenvalue weighted by Crippen LogP contribution is 2.07. The molecule has 0 aliphatic heterocycles. The van der Waals surface area contributed by atoms with E-state index in [4.69, 9.17) is 5.11 Å². The molecule has 0 aromatic heterocycles. The molecule has 0 bridgehead atoms. The Labute approximate surface area is 96.6 Å². The van der Waals surface area contributed by atoms with Gasteiger partial charge in [0.05, 0.1) is 21.6 Å². The maximum absolute atomic E-state index is 11.2. The van der Waals surface area contributed by atoms with E-state index in [1.807, 2.05) is 5.70 Å². The monoisotopic (exact) mass is 242 g/mol. The van der Waals surface area contributed by atoms with Crippen LogP contribution in [0.4, 0.5) is 0 Å². The third-order valence-corrected chi connectivity index (χ3v) is 2.88. The largest absolute Gasteiger partial charge is 0.481 e. The van der Waals surface area contributed by atoms with Gasteiger partial charge in [-0.2, -0.15) is 0 Å². The number of allylic oxidation sites excluding steroid dienone is 2. The van der Waals surface area contributed by atoms with Gasteiger partial charge in [0, 0.05) is 5.57 Å². The van der Waals surface area contributed by atoms with Crippen molar-refractivity contribution in [3.8, 4) is 0 Å². The fraction of sp³-hybridized carbons (Fsp3) is 0.455. The molecule has 0 amide bonds. The standard InChI is InChI=1S/C11H18O4Si/c1-15-11(14)9(8-10(12)13)6-5-7-16(2,3)4/h5-7H,8H2,1-4H3,(H,12,13)/b7-5+,9-6+. The lowest BCUT2D eigenvalue weighted by molar-refractivity contribution is -0.141. The SMILES string of the molecule is COC(=O)/C(=C/C=C/[Si](C)(C)C)CC(=O)O. The summed E-state index contributed by atoms with van der Waals surface area (Å²) in [5.41, 5.74) is 2.18. The Balaban J connectivity index is 4.76. The molecule has 0 aliphatic carbocycles. The fourth-order valence-electron chi connectivity index (χ4n) is 0.946. The van der Waals surface area contributed by atoms with E-state index >= 15 is 0 Å². The lowest BCUT2D eigenvalue weighted by Crippen LogP contribution is -2.15. The maximum atomic E-state index is 11.2. The average molecular weight is 242 g/mol. The number of esters is 1. The van der Waals surface area contributed by atoms with Gasteiger partial charge in [0.25, 0.3) is 0 Å². The predicted molar refractivity (Wildman–Crippen MR) is 64.8 cm³/mol. The summed E-state index contributed by atoms with van der Waals surface area (Å²) in [7, 11) is -0.0973. The number of carboxylic acids is 1. The Hall–Kier alpha value is -1.36. The van der Waals surface area contributed by atoms with Crippen LogP contribution in [0.25, 0.3) is 0 Å². The van der Waals surface area contributed by atoms with E-state index in [2.05, 4.69) is 24.4 Å². The second kappa shape index (κ2) is 6.27. The first-order chi connectivity index (χ1) is 7.26. The van der Waals surface area contributed by atoms with Crippen molar-refractivity contribution in [2.24, 2.45) is 0 Å². The van der Waals surface area contributed by atoms with Gasteiger partial charge in [-0.25, -0.2) is 4.79 Å². The highest BCUT2D eigenvalue weighted by Gasteiger charge is 2.13. The molecule has 1 N–H and O–H groups in total.